The summed E-state index contributed by atoms with van der Waals surface area (Å²) in [5.74, 6) is 1.68. The standard InChI is InChI=1S/C24H27N5O3/c1-19-5-4-6-20(15-19)18-26-28-22-16-21(29-9-11-30-12-10-29)17-24(27-22)32-14-13-31-23-7-2-3-8-25-23/h2-8,15-18H,9-14H2,1H3,(H,27,28). The van der Waals surface area contributed by atoms with E-state index < -0.39 is 0 Å². The number of aromatic nitrogens is 2. The number of benzene rings is 1. The summed E-state index contributed by atoms with van der Waals surface area (Å²) in [5.41, 5.74) is 6.24. The van der Waals surface area contributed by atoms with Crippen LogP contribution in [-0.2, 0) is 4.74 Å². The molecular weight excluding hydrogens is 406 g/mol. The molecule has 0 saturated carbocycles. The number of anilines is 2. The zero-order chi connectivity index (χ0) is 22.0. The second kappa shape index (κ2) is 11.1. The van der Waals surface area contributed by atoms with E-state index in [0.717, 1.165) is 24.3 Å². The number of pyridine rings is 2. The molecule has 0 spiro atoms. The highest BCUT2D eigenvalue weighted by atomic mass is 16.5. The highest BCUT2D eigenvalue weighted by Crippen LogP contribution is 2.25. The lowest BCUT2D eigenvalue weighted by atomic mass is 10.2. The molecule has 3 aromatic rings. The van der Waals surface area contributed by atoms with Gasteiger partial charge in [0.05, 0.1) is 19.4 Å². The van der Waals surface area contributed by atoms with Crippen LogP contribution in [0.5, 0.6) is 11.8 Å². The molecule has 0 radical (unpaired) electrons. The average Bonchev–Trinajstić information content (AvgIpc) is 2.83. The van der Waals surface area contributed by atoms with Crippen LogP contribution in [0.15, 0.2) is 65.9 Å². The molecule has 4 rings (SSSR count). The molecule has 8 nitrogen and oxygen atoms in total. The van der Waals surface area contributed by atoms with Gasteiger partial charge in [0.15, 0.2) is 5.82 Å². The second-order valence-corrected chi connectivity index (χ2v) is 7.30. The smallest absolute Gasteiger partial charge is 0.217 e. The Balaban J connectivity index is 1.42. The fourth-order valence-electron chi connectivity index (χ4n) is 3.28. The SMILES string of the molecule is Cc1cccc(C=NNc2cc(N3CCOCC3)cc(OCCOc3ccccn3)n2)c1. The van der Waals surface area contributed by atoms with Crippen molar-refractivity contribution in [3.8, 4) is 11.8 Å². The summed E-state index contributed by atoms with van der Waals surface area (Å²) in [6, 6.07) is 17.6. The van der Waals surface area contributed by atoms with Crippen molar-refractivity contribution in [1.82, 2.24) is 9.97 Å². The lowest BCUT2D eigenvalue weighted by Gasteiger charge is -2.29. The van der Waals surface area contributed by atoms with Crippen molar-refractivity contribution in [3.05, 3.63) is 71.9 Å². The van der Waals surface area contributed by atoms with E-state index in [-0.39, 0.29) is 0 Å². The van der Waals surface area contributed by atoms with Crippen LogP contribution in [0.3, 0.4) is 0 Å². The molecule has 32 heavy (non-hydrogen) atoms. The molecule has 0 unspecified atom stereocenters. The lowest BCUT2D eigenvalue weighted by molar-refractivity contribution is 0.122. The molecule has 0 bridgehead atoms. The maximum atomic E-state index is 5.87. The quantitative estimate of drug-likeness (QED) is 0.314. The van der Waals surface area contributed by atoms with Crippen molar-refractivity contribution in [1.29, 1.82) is 0 Å². The van der Waals surface area contributed by atoms with E-state index in [4.69, 9.17) is 14.2 Å². The highest BCUT2D eigenvalue weighted by molar-refractivity contribution is 5.80. The van der Waals surface area contributed by atoms with E-state index >= 15 is 0 Å². The predicted octanol–water partition coefficient (Wildman–Crippen LogP) is 3.53. The van der Waals surface area contributed by atoms with Crippen molar-refractivity contribution in [2.45, 2.75) is 6.92 Å². The van der Waals surface area contributed by atoms with Gasteiger partial charge < -0.3 is 19.1 Å². The molecule has 2 aromatic heterocycles. The Kier molecular flexibility index (Phi) is 7.49. The van der Waals surface area contributed by atoms with Crippen molar-refractivity contribution in [2.24, 2.45) is 5.10 Å². The number of hydrogen-bond acceptors (Lipinski definition) is 8. The molecule has 1 aromatic carbocycles. The third-order valence-electron chi connectivity index (χ3n) is 4.82. The van der Waals surface area contributed by atoms with Crippen LogP contribution in [-0.4, -0.2) is 55.7 Å². The Bertz CT molecular complexity index is 1020. The van der Waals surface area contributed by atoms with Crippen LogP contribution in [0, 0.1) is 6.92 Å². The first-order valence-electron chi connectivity index (χ1n) is 10.6. The molecule has 0 atom stereocenters. The molecule has 3 heterocycles. The molecule has 0 amide bonds. The third kappa shape index (κ3) is 6.42. The second-order valence-electron chi connectivity index (χ2n) is 7.30. The summed E-state index contributed by atoms with van der Waals surface area (Å²) in [4.78, 5) is 10.9. The topological polar surface area (TPSA) is 81.1 Å². The monoisotopic (exact) mass is 433 g/mol. The van der Waals surface area contributed by atoms with Crippen LogP contribution in [0.2, 0.25) is 0 Å². The zero-order valence-corrected chi connectivity index (χ0v) is 18.1. The third-order valence-corrected chi connectivity index (χ3v) is 4.82. The zero-order valence-electron chi connectivity index (χ0n) is 18.1. The summed E-state index contributed by atoms with van der Waals surface area (Å²) in [6.45, 7) is 5.81. The molecular formula is C24H27N5O3. The van der Waals surface area contributed by atoms with Gasteiger partial charge in [-0.15, -0.1) is 0 Å². The summed E-state index contributed by atoms with van der Waals surface area (Å²) in [5, 5.41) is 4.35. The number of hydrazone groups is 1. The number of nitrogens with one attached hydrogen (secondary N) is 1. The number of nitrogens with zero attached hydrogens (tertiary/aromatic N) is 4. The molecule has 8 heteroatoms. The minimum atomic E-state index is 0.349. The molecule has 1 fully saturated rings. The van der Waals surface area contributed by atoms with Gasteiger partial charge in [-0.2, -0.15) is 10.1 Å². The van der Waals surface area contributed by atoms with Gasteiger partial charge in [0.1, 0.15) is 13.2 Å². The van der Waals surface area contributed by atoms with Crippen LogP contribution < -0.4 is 19.8 Å². The number of morpholine rings is 1. The van der Waals surface area contributed by atoms with E-state index in [1.165, 1.54) is 5.56 Å². The van der Waals surface area contributed by atoms with E-state index in [1.807, 2.05) is 42.5 Å². The Morgan fingerprint density at radius 2 is 1.88 bits per heavy atom. The van der Waals surface area contributed by atoms with Gasteiger partial charge in [0, 0.05) is 43.2 Å². The number of aryl methyl sites for hydroxylation is 1. The number of hydrogen-bond donors (Lipinski definition) is 1. The Labute approximate surface area is 187 Å². The van der Waals surface area contributed by atoms with Gasteiger partial charge in [0.25, 0.3) is 0 Å². The minimum Gasteiger partial charge on any atom is -0.474 e. The fourth-order valence-corrected chi connectivity index (χ4v) is 3.28. The van der Waals surface area contributed by atoms with Gasteiger partial charge in [-0.3, -0.25) is 5.43 Å². The summed E-state index contributed by atoms with van der Waals surface area (Å²) >= 11 is 0. The molecule has 1 aliphatic rings. The highest BCUT2D eigenvalue weighted by Gasteiger charge is 2.14. The van der Waals surface area contributed by atoms with Gasteiger partial charge in [-0.25, -0.2) is 4.98 Å². The summed E-state index contributed by atoms with van der Waals surface area (Å²) in [6.07, 6.45) is 3.47. The molecule has 1 N–H and O–H groups in total. The molecule has 1 aliphatic heterocycles. The first-order chi connectivity index (χ1) is 15.8. The predicted molar refractivity (Wildman–Crippen MR) is 125 cm³/mol. The number of ether oxygens (including phenoxy) is 3. The lowest BCUT2D eigenvalue weighted by Crippen LogP contribution is -2.36. The van der Waals surface area contributed by atoms with E-state index in [0.29, 0.717) is 44.0 Å². The number of rotatable bonds is 9. The Morgan fingerprint density at radius 1 is 1.03 bits per heavy atom. The van der Waals surface area contributed by atoms with Crippen LogP contribution in [0.25, 0.3) is 0 Å². The van der Waals surface area contributed by atoms with Crippen molar-refractivity contribution in [2.75, 3.05) is 49.8 Å². The maximum Gasteiger partial charge on any atom is 0.217 e. The summed E-state index contributed by atoms with van der Waals surface area (Å²) < 4.78 is 16.9. The normalized spacial score (nSPS) is 13.8. The Morgan fingerprint density at radius 3 is 2.66 bits per heavy atom. The fraction of sp³-hybridized carbons (Fsp3) is 0.292. The minimum absolute atomic E-state index is 0.349. The first kappa shape index (κ1) is 21.6. The van der Waals surface area contributed by atoms with Crippen molar-refractivity contribution >= 4 is 17.7 Å². The Hall–Kier alpha value is -3.65. The largest absolute Gasteiger partial charge is 0.474 e. The van der Waals surface area contributed by atoms with Gasteiger partial charge in [-0.05, 0) is 18.6 Å². The van der Waals surface area contributed by atoms with Crippen LogP contribution >= 0.6 is 0 Å². The van der Waals surface area contributed by atoms with Gasteiger partial charge in [0.2, 0.25) is 11.8 Å². The average molecular weight is 434 g/mol. The van der Waals surface area contributed by atoms with Gasteiger partial charge in [-0.1, -0.05) is 35.9 Å². The molecule has 166 valence electrons. The van der Waals surface area contributed by atoms with E-state index in [1.54, 1.807) is 12.4 Å². The van der Waals surface area contributed by atoms with Crippen LogP contribution in [0.1, 0.15) is 11.1 Å². The van der Waals surface area contributed by atoms with E-state index in [2.05, 4.69) is 44.5 Å². The summed E-state index contributed by atoms with van der Waals surface area (Å²) in [7, 11) is 0. The first-order valence-corrected chi connectivity index (χ1v) is 10.6. The van der Waals surface area contributed by atoms with Crippen LogP contribution in [0.4, 0.5) is 11.5 Å². The molecule has 0 aliphatic carbocycles. The van der Waals surface area contributed by atoms with Crippen molar-refractivity contribution < 1.29 is 14.2 Å². The van der Waals surface area contributed by atoms with Crippen molar-refractivity contribution in [3.63, 3.8) is 0 Å². The van der Waals surface area contributed by atoms with E-state index in [9.17, 15) is 0 Å². The molecule has 1 saturated heterocycles. The maximum absolute atomic E-state index is 5.87. The van der Waals surface area contributed by atoms with Gasteiger partial charge >= 0.3 is 0 Å².